The number of nitriles is 1. The average Bonchev–Trinajstić information content (AvgIpc) is 3.50. The van der Waals surface area contributed by atoms with E-state index in [9.17, 15) is 14.6 Å². The second kappa shape index (κ2) is 12.6. The fourth-order valence-electron chi connectivity index (χ4n) is 4.30. The van der Waals surface area contributed by atoms with Crippen LogP contribution in [0.3, 0.4) is 0 Å². The number of carbonyl (C=O) groups is 1. The summed E-state index contributed by atoms with van der Waals surface area (Å²) >= 11 is 5.95. The van der Waals surface area contributed by atoms with Gasteiger partial charge in [0.2, 0.25) is 11.8 Å². The second-order valence-electron chi connectivity index (χ2n) is 9.43. The Bertz CT molecular complexity index is 1480. The number of halogens is 1. The lowest BCUT2D eigenvalue weighted by Gasteiger charge is -2.24. The predicted molar refractivity (Wildman–Crippen MR) is 148 cm³/mol. The quantitative estimate of drug-likeness (QED) is 0.222. The highest BCUT2D eigenvalue weighted by molar-refractivity contribution is 7.52. The minimum Gasteiger partial charge on any atom is -0.476 e. The molecule has 5 unspecified atom stereocenters. The van der Waals surface area contributed by atoms with Gasteiger partial charge >= 0.3 is 13.7 Å². The number of carbonyl (C=O) groups excluding carboxylic acids is 1. The van der Waals surface area contributed by atoms with Gasteiger partial charge in [-0.1, -0.05) is 11.6 Å². The molecular weight excluding hydrogens is 577 g/mol. The number of fused-ring (bicyclic) bond motifs is 1. The zero-order chi connectivity index (χ0) is 29.8. The number of esters is 1. The van der Waals surface area contributed by atoms with Crippen LogP contribution in [0.4, 0.5) is 5.95 Å². The van der Waals surface area contributed by atoms with Crippen molar-refractivity contribution < 1.29 is 32.6 Å². The molecule has 1 aromatic carbocycles. The molecule has 0 amide bonds. The van der Waals surface area contributed by atoms with Crippen LogP contribution in [0.1, 0.15) is 40.3 Å². The Kier molecular flexibility index (Phi) is 9.36. The molecule has 41 heavy (non-hydrogen) atoms. The first-order valence-corrected chi connectivity index (χ1v) is 14.8. The summed E-state index contributed by atoms with van der Waals surface area (Å²) in [5, 5.41) is 13.2. The fraction of sp³-hybridized carbons (Fsp3) is 0.480. The molecule has 0 aliphatic carbocycles. The second-order valence-corrected chi connectivity index (χ2v) is 11.6. The Morgan fingerprint density at radius 3 is 2.73 bits per heavy atom. The number of nitrogens with zero attached hydrogens (tertiary/aromatic N) is 5. The molecule has 14 nitrogen and oxygen atoms in total. The summed E-state index contributed by atoms with van der Waals surface area (Å²) in [7, 11) is -4.16. The van der Waals surface area contributed by atoms with Gasteiger partial charge in [0.15, 0.2) is 17.4 Å². The van der Waals surface area contributed by atoms with Crippen molar-refractivity contribution >= 4 is 42.4 Å². The van der Waals surface area contributed by atoms with Crippen LogP contribution in [0.25, 0.3) is 11.2 Å². The van der Waals surface area contributed by atoms with E-state index in [1.807, 2.05) is 0 Å². The van der Waals surface area contributed by atoms with Gasteiger partial charge in [0.05, 0.1) is 38.3 Å². The summed E-state index contributed by atoms with van der Waals surface area (Å²) in [5.74, 6) is -0.251. The third-order valence-corrected chi connectivity index (χ3v) is 8.07. The molecule has 3 heterocycles. The molecule has 0 radical (unpaired) electrons. The fourth-order valence-corrected chi connectivity index (χ4v) is 5.95. The lowest BCUT2D eigenvalue weighted by molar-refractivity contribution is -0.144. The number of hydrogen-bond acceptors (Lipinski definition) is 12. The Morgan fingerprint density at radius 2 is 2.07 bits per heavy atom. The van der Waals surface area contributed by atoms with E-state index < -0.39 is 37.5 Å². The molecule has 220 valence electrons. The first-order chi connectivity index (χ1) is 19.5. The third kappa shape index (κ3) is 6.89. The normalized spacial score (nSPS) is 22.5. The van der Waals surface area contributed by atoms with E-state index >= 15 is 0 Å². The van der Waals surface area contributed by atoms with E-state index in [-0.39, 0.29) is 37.2 Å². The van der Waals surface area contributed by atoms with Crippen LogP contribution in [0.2, 0.25) is 5.02 Å². The molecule has 16 heteroatoms. The van der Waals surface area contributed by atoms with Gasteiger partial charge in [0, 0.05) is 5.02 Å². The summed E-state index contributed by atoms with van der Waals surface area (Å²) in [4.78, 5) is 25.0. The van der Waals surface area contributed by atoms with Crippen LogP contribution in [0.5, 0.6) is 11.6 Å². The number of ether oxygens (including phenoxy) is 3. The summed E-state index contributed by atoms with van der Waals surface area (Å²) in [6, 6.07) is 7.43. The Labute approximate surface area is 241 Å². The van der Waals surface area contributed by atoms with Crippen molar-refractivity contribution in [1.82, 2.24) is 24.6 Å². The summed E-state index contributed by atoms with van der Waals surface area (Å²) < 4.78 is 43.6. The van der Waals surface area contributed by atoms with Crippen LogP contribution in [-0.2, 0) is 23.4 Å². The monoisotopic (exact) mass is 607 g/mol. The van der Waals surface area contributed by atoms with Gasteiger partial charge in [-0.15, -0.1) is 0 Å². The number of anilines is 1. The third-order valence-electron chi connectivity index (χ3n) is 6.18. The Hall–Kier alpha value is -3.47. The number of imidazole rings is 1. The standard InChI is InChI=1S/C25H31ClN7O7P/c1-5-36-21-19-20(30-24(28)31-21)33(14-29-19)23-25(4,13-27)11-18(39-23)12-38-41(35,32-15(3)22(34)37-6-2)40-17-9-7-16(26)8-10-17/h7-10,14-15,18,23H,5-6,11-12H2,1-4H3,(H,32,35)(H2,28,30,31). The first-order valence-electron chi connectivity index (χ1n) is 12.8. The molecule has 1 saturated heterocycles. The molecule has 0 saturated carbocycles. The summed E-state index contributed by atoms with van der Waals surface area (Å²) in [6.07, 6.45) is 0.135. The van der Waals surface area contributed by atoms with Crippen LogP contribution >= 0.6 is 19.3 Å². The molecule has 0 bridgehead atoms. The maximum absolute atomic E-state index is 13.8. The van der Waals surface area contributed by atoms with Crippen molar-refractivity contribution in [3.05, 3.63) is 35.6 Å². The number of nitrogens with one attached hydrogen (secondary N) is 1. The lowest BCUT2D eigenvalue weighted by atomic mass is 9.87. The van der Waals surface area contributed by atoms with E-state index in [1.54, 1.807) is 37.5 Å². The van der Waals surface area contributed by atoms with Crippen LogP contribution in [0, 0.1) is 16.7 Å². The number of nitrogens with two attached hydrogens (primary N) is 1. The van der Waals surface area contributed by atoms with Gasteiger partial charge in [0.1, 0.15) is 17.2 Å². The van der Waals surface area contributed by atoms with E-state index in [1.165, 1.54) is 25.4 Å². The molecule has 1 aliphatic rings. The highest BCUT2D eigenvalue weighted by Gasteiger charge is 2.48. The molecule has 4 rings (SSSR count). The molecule has 1 aliphatic heterocycles. The molecule has 3 N–H and O–H groups in total. The maximum atomic E-state index is 13.8. The van der Waals surface area contributed by atoms with E-state index in [2.05, 4.69) is 26.1 Å². The number of nitrogen functional groups attached to an aromatic ring is 1. The number of benzene rings is 1. The molecule has 2 aromatic heterocycles. The number of hydrogen-bond donors (Lipinski definition) is 2. The molecule has 1 fully saturated rings. The number of rotatable bonds is 12. The summed E-state index contributed by atoms with van der Waals surface area (Å²) in [6.45, 7) is 6.90. The Balaban J connectivity index is 1.56. The smallest absolute Gasteiger partial charge is 0.459 e. The van der Waals surface area contributed by atoms with Crippen molar-refractivity contribution in [2.75, 3.05) is 25.6 Å². The first kappa shape index (κ1) is 30.5. The zero-order valence-corrected chi connectivity index (χ0v) is 24.6. The highest BCUT2D eigenvalue weighted by atomic mass is 35.5. The van der Waals surface area contributed by atoms with Crippen LogP contribution in [-0.4, -0.2) is 57.5 Å². The molecule has 0 spiro atoms. The van der Waals surface area contributed by atoms with Gasteiger partial charge < -0.3 is 24.5 Å². The molecule has 5 atom stereocenters. The lowest BCUT2D eigenvalue weighted by Crippen LogP contribution is -2.35. The van der Waals surface area contributed by atoms with Crippen molar-refractivity contribution in [3.8, 4) is 17.7 Å². The van der Waals surface area contributed by atoms with Crippen molar-refractivity contribution in [2.24, 2.45) is 5.41 Å². The molecule has 3 aromatic rings. The highest BCUT2D eigenvalue weighted by Crippen LogP contribution is 2.49. The summed E-state index contributed by atoms with van der Waals surface area (Å²) in [5.41, 5.74) is 5.53. The largest absolute Gasteiger partial charge is 0.476 e. The average molecular weight is 608 g/mol. The predicted octanol–water partition coefficient (Wildman–Crippen LogP) is 4.02. The zero-order valence-electron chi connectivity index (χ0n) is 22.9. The maximum Gasteiger partial charge on any atom is 0.459 e. The molecular formula is C25H31ClN7O7P. The van der Waals surface area contributed by atoms with E-state index in [0.717, 1.165) is 0 Å². The number of aromatic nitrogens is 4. The SMILES string of the molecule is CCOC(=O)C(C)NP(=O)(OCC1CC(C)(C#N)C(n2cnc3c(OCC)nc(N)nc32)O1)Oc1ccc(Cl)cc1. The van der Waals surface area contributed by atoms with Crippen molar-refractivity contribution in [3.63, 3.8) is 0 Å². The van der Waals surface area contributed by atoms with E-state index in [0.29, 0.717) is 22.8 Å². The van der Waals surface area contributed by atoms with Crippen molar-refractivity contribution in [2.45, 2.75) is 52.5 Å². The van der Waals surface area contributed by atoms with Gasteiger partial charge in [0.25, 0.3) is 0 Å². The minimum atomic E-state index is -4.16. The van der Waals surface area contributed by atoms with Gasteiger partial charge in [-0.3, -0.25) is 13.9 Å². The van der Waals surface area contributed by atoms with Crippen LogP contribution < -0.4 is 20.1 Å². The Morgan fingerprint density at radius 1 is 1.34 bits per heavy atom. The minimum absolute atomic E-state index is 0.0266. The van der Waals surface area contributed by atoms with Gasteiger partial charge in [-0.05, 0) is 58.4 Å². The van der Waals surface area contributed by atoms with Gasteiger partial charge in [-0.2, -0.15) is 20.3 Å². The van der Waals surface area contributed by atoms with Crippen molar-refractivity contribution in [1.29, 1.82) is 5.26 Å². The van der Waals surface area contributed by atoms with E-state index in [4.69, 9.17) is 40.6 Å². The van der Waals surface area contributed by atoms with Gasteiger partial charge in [-0.25, -0.2) is 9.55 Å². The van der Waals surface area contributed by atoms with Crippen LogP contribution in [0.15, 0.2) is 30.6 Å². The topological polar surface area (TPSA) is 186 Å².